The highest BCUT2D eigenvalue weighted by Crippen LogP contribution is 2.07. The Hall–Kier alpha value is -1.84. The van der Waals surface area contributed by atoms with E-state index in [0.29, 0.717) is 25.4 Å². The van der Waals surface area contributed by atoms with Gasteiger partial charge in [0.15, 0.2) is 0 Å². The summed E-state index contributed by atoms with van der Waals surface area (Å²) >= 11 is 0. The van der Waals surface area contributed by atoms with Crippen molar-refractivity contribution in [2.75, 3.05) is 18.4 Å². The molecule has 0 saturated carbocycles. The van der Waals surface area contributed by atoms with Gasteiger partial charge in [-0.1, -0.05) is 32.0 Å². The van der Waals surface area contributed by atoms with Gasteiger partial charge in [-0.05, 0) is 24.5 Å². The molecular weight excluding hydrogens is 252 g/mol. The summed E-state index contributed by atoms with van der Waals surface area (Å²) in [6, 6.07) is 9.35. The molecule has 0 saturated heterocycles. The first-order chi connectivity index (χ1) is 9.49. The summed E-state index contributed by atoms with van der Waals surface area (Å²) in [5.74, 6) is 0.514. The van der Waals surface area contributed by atoms with E-state index < -0.39 is 0 Å². The van der Waals surface area contributed by atoms with Crippen molar-refractivity contribution in [3.63, 3.8) is 0 Å². The predicted octanol–water partition coefficient (Wildman–Crippen LogP) is 2.91. The van der Waals surface area contributed by atoms with Gasteiger partial charge in [-0.3, -0.25) is 9.59 Å². The van der Waals surface area contributed by atoms with Crippen molar-refractivity contribution < 1.29 is 9.59 Å². The lowest BCUT2D eigenvalue weighted by Gasteiger charge is -2.21. The van der Waals surface area contributed by atoms with Gasteiger partial charge >= 0.3 is 0 Å². The first-order valence-corrected chi connectivity index (χ1v) is 7.09. The number of carbonyl (C=O) groups is 2. The SMILES string of the molecule is CC(=O)N(CCC(=O)Nc1ccccc1)CCC(C)C. The first kappa shape index (κ1) is 16.2. The Morgan fingerprint density at radius 1 is 1.15 bits per heavy atom. The summed E-state index contributed by atoms with van der Waals surface area (Å²) in [4.78, 5) is 25.1. The number of carbonyl (C=O) groups excluding carboxylic acids is 2. The largest absolute Gasteiger partial charge is 0.342 e. The fourth-order valence-electron chi connectivity index (χ4n) is 1.82. The number of amides is 2. The fraction of sp³-hybridized carbons (Fsp3) is 0.500. The van der Waals surface area contributed by atoms with Crippen LogP contribution >= 0.6 is 0 Å². The number of hydrogen-bond acceptors (Lipinski definition) is 2. The van der Waals surface area contributed by atoms with E-state index >= 15 is 0 Å². The molecule has 1 rings (SSSR count). The van der Waals surface area contributed by atoms with Gasteiger partial charge in [0, 0.05) is 32.1 Å². The zero-order valence-electron chi connectivity index (χ0n) is 12.6. The molecule has 1 aromatic rings. The van der Waals surface area contributed by atoms with Crippen molar-refractivity contribution >= 4 is 17.5 Å². The Bertz CT molecular complexity index is 429. The number of nitrogens with zero attached hydrogens (tertiary/aromatic N) is 1. The highest BCUT2D eigenvalue weighted by atomic mass is 16.2. The van der Waals surface area contributed by atoms with Crippen molar-refractivity contribution in [2.45, 2.75) is 33.6 Å². The Labute approximate surface area is 121 Å². The van der Waals surface area contributed by atoms with Crippen LogP contribution in [0.4, 0.5) is 5.69 Å². The molecule has 2 amide bonds. The van der Waals surface area contributed by atoms with Crippen molar-refractivity contribution in [3.05, 3.63) is 30.3 Å². The average molecular weight is 276 g/mol. The molecule has 20 heavy (non-hydrogen) atoms. The molecule has 0 aromatic heterocycles. The van der Waals surface area contributed by atoms with Crippen molar-refractivity contribution in [2.24, 2.45) is 5.92 Å². The van der Waals surface area contributed by atoms with E-state index in [1.807, 2.05) is 30.3 Å². The van der Waals surface area contributed by atoms with E-state index in [1.54, 1.807) is 11.8 Å². The van der Waals surface area contributed by atoms with Gasteiger partial charge in [0.05, 0.1) is 0 Å². The Morgan fingerprint density at radius 3 is 2.35 bits per heavy atom. The van der Waals surface area contributed by atoms with Crippen LogP contribution in [-0.2, 0) is 9.59 Å². The molecule has 4 nitrogen and oxygen atoms in total. The van der Waals surface area contributed by atoms with Crippen molar-refractivity contribution in [1.29, 1.82) is 0 Å². The summed E-state index contributed by atoms with van der Waals surface area (Å²) in [6.07, 6.45) is 1.28. The second kappa shape index (κ2) is 8.35. The molecule has 0 aliphatic carbocycles. The van der Waals surface area contributed by atoms with Crippen LogP contribution in [0.2, 0.25) is 0 Å². The predicted molar refractivity (Wildman–Crippen MR) is 81.4 cm³/mol. The van der Waals surface area contributed by atoms with Crippen LogP contribution in [0, 0.1) is 5.92 Å². The van der Waals surface area contributed by atoms with Crippen LogP contribution in [0.3, 0.4) is 0 Å². The molecule has 0 aliphatic rings. The summed E-state index contributed by atoms with van der Waals surface area (Å²) in [5.41, 5.74) is 0.786. The second-order valence-corrected chi connectivity index (χ2v) is 5.35. The number of anilines is 1. The lowest BCUT2D eigenvalue weighted by Crippen LogP contribution is -2.33. The molecule has 0 heterocycles. The minimum Gasteiger partial charge on any atom is -0.342 e. The van der Waals surface area contributed by atoms with Gasteiger partial charge in [-0.2, -0.15) is 0 Å². The summed E-state index contributed by atoms with van der Waals surface area (Å²) < 4.78 is 0. The van der Waals surface area contributed by atoms with E-state index in [4.69, 9.17) is 0 Å². The highest BCUT2D eigenvalue weighted by Gasteiger charge is 2.11. The molecule has 0 bridgehead atoms. The van der Waals surface area contributed by atoms with Gasteiger partial charge < -0.3 is 10.2 Å². The average Bonchev–Trinajstić information content (AvgIpc) is 2.39. The van der Waals surface area contributed by atoms with Crippen molar-refractivity contribution in [3.8, 4) is 0 Å². The quantitative estimate of drug-likeness (QED) is 0.832. The second-order valence-electron chi connectivity index (χ2n) is 5.35. The van der Waals surface area contributed by atoms with E-state index in [1.165, 1.54) is 0 Å². The zero-order chi connectivity index (χ0) is 15.0. The van der Waals surface area contributed by atoms with Crippen LogP contribution in [0.25, 0.3) is 0 Å². The van der Waals surface area contributed by atoms with E-state index in [9.17, 15) is 9.59 Å². The summed E-state index contributed by atoms with van der Waals surface area (Å²) in [7, 11) is 0. The van der Waals surface area contributed by atoms with Gasteiger partial charge in [-0.15, -0.1) is 0 Å². The Balaban J connectivity index is 2.39. The third-order valence-electron chi connectivity index (χ3n) is 3.09. The van der Waals surface area contributed by atoms with Crippen LogP contribution in [0.1, 0.15) is 33.6 Å². The minimum absolute atomic E-state index is 0.0261. The molecule has 0 radical (unpaired) electrons. The lowest BCUT2D eigenvalue weighted by atomic mass is 10.1. The molecular formula is C16H24N2O2. The van der Waals surface area contributed by atoms with Crippen LogP contribution in [0.15, 0.2) is 30.3 Å². The van der Waals surface area contributed by atoms with Crippen LogP contribution < -0.4 is 5.32 Å². The van der Waals surface area contributed by atoms with E-state index in [2.05, 4.69) is 19.2 Å². The number of hydrogen-bond donors (Lipinski definition) is 1. The molecule has 0 unspecified atom stereocenters. The van der Waals surface area contributed by atoms with E-state index in [0.717, 1.165) is 12.1 Å². The minimum atomic E-state index is -0.0630. The van der Waals surface area contributed by atoms with Crippen molar-refractivity contribution in [1.82, 2.24) is 4.90 Å². The van der Waals surface area contributed by atoms with Gasteiger partial charge in [0.2, 0.25) is 11.8 Å². The molecule has 0 aliphatic heterocycles. The number of rotatable bonds is 7. The number of para-hydroxylation sites is 1. The Kier molecular flexibility index (Phi) is 6.77. The Morgan fingerprint density at radius 2 is 1.80 bits per heavy atom. The maximum atomic E-state index is 11.8. The molecule has 110 valence electrons. The summed E-state index contributed by atoms with van der Waals surface area (Å²) in [5, 5.41) is 2.82. The van der Waals surface area contributed by atoms with Crippen LogP contribution in [0.5, 0.6) is 0 Å². The number of benzene rings is 1. The van der Waals surface area contributed by atoms with E-state index in [-0.39, 0.29) is 11.8 Å². The highest BCUT2D eigenvalue weighted by molar-refractivity contribution is 5.91. The zero-order valence-corrected chi connectivity index (χ0v) is 12.6. The summed E-state index contributed by atoms with van der Waals surface area (Å²) in [6.45, 7) is 6.99. The monoisotopic (exact) mass is 276 g/mol. The maximum Gasteiger partial charge on any atom is 0.226 e. The maximum absolute atomic E-state index is 11.8. The molecule has 0 atom stereocenters. The molecule has 1 aromatic carbocycles. The van der Waals surface area contributed by atoms with Gasteiger partial charge in [0.25, 0.3) is 0 Å². The fourth-order valence-corrected chi connectivity index (χ4v) is 1.82. The lowest BCUT2D eigenvalue weighted by molar-refractivity contribution is -0.129. The third-order valence-corrected chi connectivity index (χ3v) is 3.09. The third kappa shape index (κ3) is 6.36. The molecule has 4 heteroatoms. The molecule has 0 fully saturated rings. The topological polar surface area (TPSA) is 49.4 Å². The molecule has 1 N–H and O–H groups in total. The standard InChI is InChI=1S/C16H24N2O2/c1-13(2)9-11-18(14(3)19)12-10-16(20)17-15-7-5-4-6-8-15/h4-8,13H,9-12H2,1-3H3,(H,17,20). The van der Waals surface area contributed by atoms with Crippen LogP contribution in [-0.4, -0.2) is 29.8 Å². The molecule has 0 spiro atoms. The van der Waals surface area contributed by atoms with Gasteiger partial charge in [-0.25, -0.2) is 0 Å². The normalized spacial score (nSPS) is 10.4. The smallest absolute Gasteiger partial charge is 0.226 e. The first-order valence-electron chi connectivity index (χ1n) is 7.09. The number of nitrogens with one attached hydrogen (secondary N) is 1. The van der Waals surface area contributed by atoms with Gasteiger partial charge in [0.1, 0.15) is 0 Å².